The Labute approximate surface area is 202 Å². The number of nitrogen functional groups attached to an aromatic ring is 1. The molecule has 0 aliphatic heterocycles. The minimum Gasteiger partial charge on any atom is -0.493 e. The molecule has 34 heavy (non-hydrogen) atoms. The van der Waals surface area contributed by atoms with Gasteiger partial charge in [0.25, 0.3) is 0 Å². The number of nitriles is 2. The monoisotopic (exact) mass is 470 g/mol. The molecule has 8 heteroatoms. The predicted molar refractivity (Wildman–Crippen MR) is 129 cm³/mol. The lowest BCUT2D eigenvalue weighted by atomic mass is 9.97. The number of carbonyl (C=O) groups excluding carboxylic acids is 1. The van der Waals surface area contributed by atoms with Gasteiger partial charge in [-0.1, -0.05) is 24.3 Å². The van der Waals surface area contributed by atoms with E-state index in [1.54, 1.807) is 18.2 Å². The Morgan fingerprint density at radius 3 is 2.53 bits per heavy atom. The fourth-order valence-corrected chi connectivity index (χ4v) is 4.40. The molecule has 0 saturated heterocycles. The lowest BCUT2D eigenvalue weighted by Crippen LogP contribution is -2.04. The molecule has 1 aliphatic carbocycles. The maximum Gasteiger partial charge on any atom is 0.337 e. The summed E-state index contributed by atoms with van der Waals surface area (Å²) in [5, 5.41) is 20.1. The number of benzene rings is 2. The topological polar surface area (TPSA) is 122 Å². The van der Waals surface area contributed by atoms with E-state index >= 15 is 0 Å². The first-order valence-corrected chi connectivity index (χ1v) is 11.7. The van der Waals surface area contributed by atoms with E-state index in [1.165, 1.54) is 31.7 Å². The molecule has 0 radical (unpaired) electrons. The third-order valence-electron chi connectivity index (χ3n) is 5.46. The summed E-state index contributed by atoms with van der Waals surface area (Å²) in [5.41, 5.74) is 9.02. The van der Waals surface area contributed by atoms with Crippen LogP contribution in [0.2, 0.25) is 0 Å². The zero-order valence-electron chi connectivity index (χ0n) is 18.6. The SMILES string of the molecule is COC(=O)c1cccc(CSc2nc(N)c(C#N)c(-c3ccc(OCC4CC4)cc3)c2C#N)c1. The van der Waals surface area contributed by atoms with Gasteiger partial charge in [0.15, 0.2) is 0 Å². The van der Waals surface area contributed by atoms with E-state index in [4.69, 9.17) is 15.2 Å². The zero-order valence-corrected chi connectivity index (χ0v) is 19.4. The minimum atomic E-state index is -0.419. The first-order valence-electron chi connectivity index (χ1n) is 10.7. The number of esters is 1. The van der Waals surface area contributed by atoms with Crippen LogP contribution in [0.4, 0.5) is 5.82 Å². The van der Waals surface area contributed by atoms with E-state index in [1.807, 2.05) is 30.3 Å². The lowest BCUT2D eigenvalue weighted by molar-refractivity contribution is 0.0600. The van der Waals surface area contributed by atoms with E-state index in [9.17, 15) is 15.3 Å². The van der Waals surface area contributed by atoms with Crippen molar-refractivity contribution in [1.29, 1.82) is 10.5 Å². The zero-order chi connectivity index (χ0) is 24.1. The molecule has 1 fully saturated rings. The predicted octanol–water partition coefficient (Wildman–Crippen LogP) is 4.94. The van der Waals surface area contributed by atoms with Crippen molar-refractivity contribution in [3.63, 3.8) is 0 Å². The number of thioether (sulfide) groups is 1. The molecule has 3 aromatic rings. The fourth-order valence-electron chi connectivity index (χ4n) is 3.47. The van der Waals surface area contributed by atoms with Gasteiger partial charge in [-0.2, -0.15) is 10.5 Å². The average Bonchev–Trinajstić information content (AvgIpc) is 3.70. The number of anilines is 1. The summed E-state index contributed by atoms with van der Waals surface area (Å²) in [6.45, 7) is 0.701. The quantitative estimate of drug-likeness (QED) is 0.363. The third-order valence-corrected chi connectivity index (χ3v) is 6.51. The van der Waals surface area contributed by atoms with E-state index in [2.05, 4.69) is 17.1 Å². The molecule has 1 saturated carbocycles. The highest BCUT2D eigenvalue weighted by atomic mass is 32.2. The highest BCUT2D eigenvalue weighted by Gasteiger charge is 2.23. The maximum atomic E-state index is 11.8. The van der Waals surface area contributed by atoms with Crippen LogP contribution in [0.25, 0.3) is 11.1 Å². The van der Waals surface area contributed by atoms with Gasteiger partial charge < -0.3 is 15.2 Å². The number of hydrogen-bond acceptors (Lipinski definition) is 8. The van der Waals surface area contributed by atoms with Gasteiger partial charge in [0.1, 0.15) is 34.3 Å². The molecule has 2 N–H and O–H groups in total. The van der Waals surface area contributed by atoms with Gasteiger partial charge in [-0.05, 0) is 54.2 Å². The van der Waals surface area contributed by atoms with Crippen LogP contribution in [0.5, 0.6) is 5.75 Å². The molecule has 170 valence electrons. The largest absolute Gasteiger partial charge is 0.493 e. The number of nitrogens with zero attached hydrogens (tertiary/aromatic N) is 3. The van der Waals surface area contributed by atoms with Crippen LogP contribution >= 0.6 is 11.8 Å². The number of aromatic nitrogens is 1. The second kappa shape index (κ2) is 10.3. The highest BCUT2D eigenvalue weighted by Crippen LogP contribution is 2.37. The van der Waals surface area contributed by atoms with Gasteiger partial charge in [0, 0.05) is 11.3 Å². The summed E-state index contributed by atoms with van der Waals surface area (Å²) in [7, 11) is 1.33. The van der Waals surface area contributed by atoms with Crippen LogP contribution in [0.1, 0.15) is 39.9 Å². The van der Waals surface area contributed by atoms with Crippen molar-refractivity contribution in [2.24, 2.45) is 5.92 Å². The number of ether oxygens (including phenoxy) is 2. The Bertz CT molecular complexity index is 1310. The molecule has 7 nitrogen and oxygen atoms in total. The molecule has 0 atom stereocenters. The van der Waals surface area contributed by atoms with E-state index < -0.39 is 5.97 Å². The van der Waals surface area contributed by atoms with Gasteiger partial charge in [0.2, 0.25) is 0 Å². The molecular weight excluding hydrogens is 448 g/mol. The molecule has 0 spiro atoms. The highest BCUT2D eigenvalue weighted by molar-refractivity contribution is 7.98. The molecule has 2 aromatic carbocycles. The minimum absolute atomic E-state index is 0.0661. The van der Waals surface area contributed by atoms with Crippen molar-refractivity contribution in [3.8, 4) is 29.0 Å². The van der Waals surface area contributed by atoms with E-state index in [0.29, 0.717) is 40.0 Å². The van der Waals surface area contributed by atoms with Crippen molar-refractivity contribution in [2.75, 3.05) is 19.5 Å². The number of nitrogens with two attached hydrogens (primary N) is 1. The van der Waals surface area contributed by atoms with Crippen LogP contribution in [0.3, 0.4) is 0 Å². The molecule has 1 heterocycles. The van der Waals surface area contributed by atoms with Gasteiger partial charge in [-0.25, -0.2) is 9.78 Å². The van der Waals surface area contributed by atoms with Crippen LogP contribution in [0, 0.1) is 28.6 Å². The molecule has 0 amide bonds. The smallest absolute Gasteiger partial charge is 0.337 e. The normalized spacial score (nSPS) is 12.4. The molecule has 0 bridgehead atoms. The lowest BCUT2D eigenvalue weighted by Gasteiger charge is -2.14. The molecule has 4 rings (SSSR count). The number of hydrogen-bond donors (Lipinski definition) is 1. The Hall–Kier alpha value is -4.01. The summed E-state index contributed by atoms with van der Waals surface area (Å²) in [4.78, 5) is 16.2. The average molecular weight is 471 g/mol. The maximum absolute atomic E-state index is 11.8. The van der Waals surface area contributed by atoms with Crippen molar-refractivity contribution < 1.29 is 14.3 Å². The summed E-state index contributed by atoms with van der Waals surface area (Å²) < 4.78 is 10.6. The number of carbonyl (C=O) groups is 1. The number of methoxy groups -OCH3 is 1. The van der Waals surface area contributed by atoms with Crippen LogP contribution in [0.15, 0.2) is 53.6 Å². The molecule has 0 unspecified atom stereocenters. The summed E-state index contributed by atoms with van der Waals surface area (Å²) in [5.74, 6) is 1.48. The first-order chi connectivity index (χ1) is 16.5. The first kappa shape index (κ1) is 23.2. The van der Waals surface area contributed by atoms with E-state index in [0.717, 1.165) is 11.3 Å². The molecular formula is C26H22N4O3S. The standard InChI is InChI=1S/C26H22N4O3S/c1-32-26(31)19-4-2-3-17(11-19)15-34-25-22(13-28)23(21(12-27)24(29)30-25)18-7-9-20(10-8-18)33-14-16-5-6-16/h2-4,7-11,16H,5-6,14-15H2,1H3,(H2,29,30). The third kappa shape index (κ3) is 5.14. The molecule has 1 aliphatic rings. The Kier molecular flexibility index (Phi) is 7.01. The van der Waals surface area contributed by atoms with Crippen LogP contribution < -0.4 is 10.5 Å². The summed E-state index contributed by atoms with van der Waals surface area (Å²) >= 11 is 1.32. The Balaban J connectivity index is 1.64. The molecule has 1 aromatic heterocycles. The Morgan fingerprint density at radius 2 is 1.88 bits per heavy atom. The second-order valence-electron chi connectivity index (χ2n) is 7.91. The van der Waals surface area contributed by atoms with Gasteiger partial charge in [-0.3, -0.25) is 0 Å². The summed E-state index contributed by atoms with van der Waals surface area (Å²) in [6.07, 6.45) is 2.41. The van der Waals surface area contributed by atoms with Gasteiger partial charge >= 0.3 is 5.97 Å². The Morgan fingerprint density at radius 1 is 1.15 bits per heavy atom. The number of rotatable bonds is 8. The van der Waals surface area contributed by atoms with Crippen molar-refractivity contribution in [1.82, 2.24) is 4.98 Å². The van der Waals surface area contributed by atoms with Gasteiger partial charge in [0.05, 0.1) is 24.8 Å². The van der Waals surface area contributed by atoms with Crippen molar-refractivity contribution in [2.45, 2.75) is 23.6 Å². The number of pyridine rings is 1. The van der Waals surface area contributed by atoms with Crippen LogP contribution in [-0.4, -0.2) is 24.7 Å². The fraction of sp³-hybridized carbons (Fsp3) is 0.231. The van der Waals surface area contributed by atoms with E-state index in [-0.39, 0.29) is 16.9 Å². The summed E-state index contributed by atoms with van der Waals surface area (Å²) in [6, 6.07) is 18.7. The second-order valence-corrected chi connectivity index (χ2v) is 8.87. The van der Waals surface area contributed by atoms with Crippen LogP contribution in [-0.2, 0) is 10.5 Å². The van der Waals surface area contributed by atoms with Crippen molar-refractivity contribution in [3.05, 3.63) is 70.8 Å². The van der Waals surface area contributed by atoms with Crippen molar-refractivity contribution >= 4 is 23.5 Å². The van der Waals surface area contributed by atoms with Gasteiger partial charge in [-0.15, -0.1) is 11.8 Å².